The van der Waals surface area contributed by atoms with Crippen LogP contribution in [0.2, 0.25) is 0 Å². The molecule has 0 spiro atoms. The number of ether oxygens (including phenoxy) is 4. The molecule has 1 aliphatic carbocycles. The van der Waals surface area contributed by atoms with E-state index in [0.29, 0.717) is 0 Å². The third kappa shape index (κ3) is 3.12. The van der Waals surface area contributed by atoms with Gasteiger partial charge in [0.05, 0.1) is 33.2 Å². The molecular formula is C17H24O7. The number of rotatable bonds is 6. The molecule has 7 heteroatoms. The first-order valence-corrected chi connectivity index (χ1v) is 8.20. The van der Waals surface area contributed by atoms with E-state index in [1.807, 2.05) is 6.08 Å². The molecule has 0 bridgehead atoms. The summed E-state index contributed by atoms with van der Waals surface area (Å²) in [4.78, 5) is 37.2. The minimum absolute atomic E-state index is 0.128. The van der Waals surface area contributed by atoms with Crippen LogP contribution in [-0.2, 0) is 33.3 Å². The van der Waals surface area contributed by atoms with Crippen LogP contribution >= 0.6 is 0 Å². The molecule has 0 amide bonds. The van der Waals surface area contributed by atoms with Crippen LogP contribution in [0.4, 0.5) is 0 Å². The molecule has 1 fully saturated rings. The Morgan fingerprint density at radius 1 is 1.17 bits per heavy atom. The zero-order valence-electron chi connectivity index (χ0n) is 14.3. The molecule has 2 aliphatic rings. The summed E-state index contributed by atoms with van der Waals surface area (Å²) < 4.78 is 20.5. The molecule has 2 rings (SSSR count). The Hall–Kier alpha value is -2.05. The molecule has 1 aliphatic heterocycles. The lowest BCUT2D eigenvalue weighted by Crippen LogP contribution is -2.48. The van der Waals surface area contributed by atoms with Crippen molar-refractivity contribution < 1.29 is 33.3 Å². The molecule has 1 saturated carbocycles. The number of hydrogen-bond donors (Lipinski definition) is 0. The zero-order chi connectivity index (χ0) is 17.7. The Balaban J connectivity index is 2.41. The predicted molar refractivity (Wildman–Crippen MR) is 82.5 cm³/mol. The Morgan fingerprint density at radius 3 is 2.33 bits per heavy atom. The van der Waals surface area contributed by atoms with Gasteiger partial charge in [-0.25, -0.2) is 0 Å². The van der Waals surface area contributed by atoms with Crippen LogP contribution in [0.15, 0.2) is 12.3 Å². The molecule has 0 aromatic heterocycles. The van der Waals surface area contributed by atoms with Crippen molar-refractivity contribution in [2.75, 3.05) is 26.9 Å². The van der Waals surface area contributed by atoms with Gasteiger partial charge in [-0.15, -0.1) is 0 Å². The second-order valence-corrected chi connectivity index (χ2v) is 6.00. The largest absolute Gasteiger partial charge is 0.501 e. The second kappa shape index (κ2) is 7.68. The Labute approximate surface area is 141 Å². The van der Waals surface area contributed by atoms with Gasteiger partial charge in [0.1, 0.15) is 0 Å². The van der Waals surface area contributed by atoms with E-state index >= 15 is 0 Å². The fraction of sp³-hybridized carbons (Fsp3) is 0.706. The molecule has 0 aromatic carbocycles. The Kier molecular flexibility index (Phi) is 5.85. The summed E-state index contributed by atoms with van der Waals surface area (Å²) >= 11 is 0. The van der Waals surface area contributed by atoms with E-state index in [0.717, 1.165) is 0 Å². The maximum Gasteiger partial charge on any atom is 0.323 e. The smallest absolute Gasteiger partial charge is 0.323 e. The fourth-order valence-electron chi connectivity index (χ4n) is 3.79. The molecular weight excluding hydrogens is 316 g/mol. The normalized spacial score (nSPS) is 26.9. The van der Waals surface area contributed by atoms with E-state index in [1.54, 1.807) is 20.1 Å². The molecule has 0 N–H and O–H groups in total. The standard InChI is InChI=1S/C17H24O7/c1-4-23-15(19)17(16(20)24-5-2)9-11(8-14(18)21-3)12-6-7-22-10-13(12)17/h6-7,11-13H,4-5,8-10H2,1-3H3/t11-,12+,13-/m1/s1. The van der Waals surface area contributed by atoms with E-state index in [1.165, 1.54) is 7.11 Å². The number of hydrogen-bond acceptors (Lipinski definition) is 7. The highest BCUT2D eigenvalue weighted by molar-refractivity contribution is 6.01. The highest BCUT2D eigenvalue weighted by atomic mass is 16.6. The zero-order valence-corrected chi connectivity index (χ0v) is 14.3. The van der Waals surface area contributed by atoms with Crippen molar-refractivity contribution in [3.8, 4) is 0 Å². The summed E-state index contributed by atoms with van der Waals surface area (Å²) in [5.74, 6) is -2.37. The number of carbonyl (C=O) groups excluding carboxylic acids is 3. The minimum Gasteiger partial charge on any atom is -0.501 e. The molecule has 134 valence electrons. The third-order valence-electron chi connectivity index (χ3n) is 4.83. The van der Waals surface area contributed by atoms with Gasteiger partial charge in [0.25, 0.3) is 0 Å². The molecule has 3 atom stereocenters. The van der Waals surface area contributed by atoms with Crippen molar-refractivity contribution in [1.82, 2.24) is 0 Å². The van der Waals surface area contributed by atoms with Gasteiger partial charge < -0.3 is 18.9 Å². The fourth-order valence-corrected chi connectivity index (χ4v) is 3.79. The van der Waals surface area contributed by atoms with Gasteiger partial charge in [-0.1, -0.05) is 0 Å². The topological polar surface area (TPSA) is 88.1 Å². The SMILES string of the molecule is CCOC(=O)C1(C(=O)OCC)C[C@@H](CC(=O)OC)[C@@H]2C=COC[C@H]21. The summed E-state index contributed by atoms with van der Waals surface area (Å²) in [6, 6.07) is 0. The number of allylic oxidation sites excluding steroid dienone is 1. The van der Waals surface area contributed by atoms with Crippen LogP contribution in [0.1, 0.15) is 26.7 Å². The maximum absolute atomic E-state index is 12.7. The second-order valence-electron chi connectivity index (χ2n) is 6.00. The summed E-state index contributed by atoms with van der Waals surface area (Å²) in [6.45, 7) is 3.90. The van der Waals surface area contributed by atoms with Crippen molar-refractivity contribution in [1.29, 1.82) is 0 Å². The van der Waals surface area contributed by atoms with Gasteiger partial charge >= 0.3 is 17.9 Å². The Morgan fingerprint density at radius 2 is 1.79 bits per heavy atom. The van der Waals surface area contributed by atoms with E-state index in [-0.39, 0.29) is 50.5 Å². The molecule has 24 heavy (non-hydrogen) atoms. The summed E-state index contributed by atoms with van der Waals surface area (Å²) in [5.41, 5.74) is -1.44. The van der Waals surface area contributed by atoms with Gasteiger partial charge in [-0.2, -0.15) is 0 Å². The first kappa shape index (κ1) is 18.3. The first-order chi connectivity index (χ1) is 11.5. The highest BCUT2D eigenvalue weighted by Crippen LogP contribution is 2.55. The number of methoxy groups -OCH3 is 1. The molecule has 7 nitrogen and oxygen atoms in total. The van der Waals surface area contributed by atoms with E-state index in [2.05, 4.69) is 0 Å². The Bertz CT molecular complexity index is 507. The summed E-state index contributed by atoms with van der Waals surface area (Å²) in [7, 11) is 1.32. The van der Waals surface area contributed by atoms with Crippen molar-refractivity contribution in [3.63, 3.8) is 0 Å². The van der Waals surface area contributed by atoms with Crippen LogP contribution in [-0.4, -0.2) is 44.8 Å². The van der Waals surface area contributed by atoms with Crippen LogP contribution < -0.4 is 0 Å². The summed E-state index contributed by atoms with van der Waals surface area (Å²) in [6.07, 6.45) is 3.67. The molecule has 0 saturated heterocycles. The lowest BCUT2D eigenvalue weighted by Gasteiger charge is -2.33. The van der Waals surface area contributed by atoms with Gasteiger partial charge in [-0.05, 0) is 38.2 Å². The van der Waals surface area contributed by atoms with Crippen molar-refractivity contribution in [3.05, 3.63) is 12.3 Å². The number of esters is 3. The van der Waals surface area contributed by atoms with Crippen molar-refractivity contribution >= 4 is 17.9 Å². The minimum atomic E-state index is -1.44. The molecule has 0 aromatic rings. The van der Waals surface area contributed by atoms with Gasteiger partial charge in [-0.3, -0.25) is 14.4 Å². The monoisotopic (exact) mass is 340 g/mol. The first-order valence-electron chi connectivity index (χ1n) is 8.20. The number of fused-ring (bicyclic) bond motifs is 1. The van der Waals surface area contributed by atoms with Crippen LogP contribution in [0, 0.1) is 23.2 Å². The molecule has 1 heterocycles. The predicted octanol–water partition coefficient (Wildman–Crippen LogP) is 1.46. The van der Waals surface area contributed by atoms with Crippen LogP contribution in [0.5, 0.6) is 0 Å². The average molecular weight is 340 g/mol. The van der Waals surface area contributed by atoms with Crippen molar-refractivity contribution in [2.24, 2.45) is 23.2 Å². The van der Waals surface area contributed by atoms with Gasteiger partial charge in [0.2, 0.25) is 0 Å². The lowest BCUT2D eigenvalue weighted by atomic mass is 9.75. The van der Waals surface area contributed by atoms with Gasteiger partial charge in [0, 0.05) is 12.3 Å². The third-order valence-corrected chi connectivity index (χ3v) is 4.83. The van der Waals surface area contributed by atoms with Gasteiger partial charge in [0.15, 0.2) is 5.41 Å². The van der Waals surface area contributed by atoms with E-state index in [4.69, 9.17) is 18.9 Å². The van der Waals surface area contributed by atoms with Crippen molar-refractivity contribution in [2.45, 2.75) is 26.7 Å². The van der Waals surface area contributed by atoms with Crippen LogP contribution in [0.25, 0.3) is 0 Å². The highest BCUT2D eigenvalue weighted by Gasteiger charge is 2.64. The lowest BCUT2D eigenvalue weighted by molar-refractivity contribution is -0.177. The summed E-state index contributed by atoms with van der Waals surface area (Å²) in [5, 5.41) is 0. The van der Waals surface area contributed by atoms with E-state index < -0.39 is 23.3 Å². The van der Waals surface area contributed by atoms with E-state index in [9.17, 15) is 14.4 Å². The quantitative estimate of drug-likeness (QED) is 0.411. The molecule has 0 unspecified atom stereocenters. The average Bonchev–Trinajstić information content (AvgIpc) is 2.91. The number of carbonyl (C=O) groups is 3. The van der Waals surface area contributed by atoms with Crippen LogP contribution in [0.3, 0.4) is 0 Å². The maximum atomic E-state index is 12.7. The molecule has 0 radical (unpaired) electrons.